The molecule has 0 saturated heterocycles. The zero-order valence-corrected chi connectivity index (χ0v) is 13.5. The minimum atomic E-state index is 0.292. The van der Waals surface area contributed by atoms with Crippen LogP contribution in [0.4, 0.5) is 0 Å². The molecule has 0 atom stereocenters. The van der Waals surface area contributed by atoms with Crippen LogP contribution in [0.3, 0.4) is 0 Å². The number of phenols is 1. The molecule has 0 amide bonds. The molecule has 1 aromatic heterocycles. The maximum absolute atomic E-state index is 10.3. The van der Waals surface area contributed by atoms with Gasteiger partial charge in [-0.15, -0.1) is 5.10 Å². The highest BCUT2D eigenvalue weighted by Crippen LogP contribution is 2.32. The quantitative estimate of drug-likeness (QED) is 0.575. The van der Waals surface area contributed by atoms with Gasteiger partial charge >= 0.3 is 0 Å². The van der Waals surface area contributed by atoms with E-state index < -0.39 is 0 Å². The number of aromatic nitrogens is 4. The van der Waals surface area contributed by atoms with E-state index in [1.165, 1.54) is 11.8 Å². The number of fused-ring (bicyclic) bond motifs is 1. The number of tetrazole rings is 1. The molecule has 24 heavy (non-hydrogen) atoms. The molecule has 0 aliphatic rings. The van der Waals surface area contributed by atoms with E-state index in [1.807, 2.05) is 60.7 Å². The molecule has 0 aliphatic heterocycles. The van der Waals surface area contributed by atoms with Crippen molar-refractivity contribution in [2.45, 2.75) is 10.9 Å². The summed E-state index contributed by atoms with van der Waals surface area (Å²) >= 11 is 1.50. The highest BCUT2D eigenvalue weighted by atomic mass is 32.2. The van der Waals surface area contributed by atoms with Crippen molar-refractivity contribution < 1.29 is 5.11 Å². The van der Waals surface area contributed by atoms with E-state index in [-0.39, 0.29) is 0 Å². The Morgan fingerprint density at radius 1 is 0.917 bits per heavy atom. The zero-order valence-electron chi connectivity index (χ0n) is 12.7. The van der Waals surface area contributed by atoms with Gasteiger partial charge in [-0.2, -0.15) is 4.68 Å². The van der Waals surface area contributed by atoms with Crippen LogP contribution in [0.5, 0.6) is 5.75 Å². The van der Waals surface area contributed by atoms with Crippen molar-refractivity contribution in [2.75, 3.05) is 0 Å². The summed E-state index contributed by atoms with van der Waals surface area (Å²) in [7, 11) is 0. The first-order valence-corrected chi connectivity index (χ1v) is 8.48. The molecule has 1 N–H and O–H groups in total. The van der Waals surface area contributed by atoms with Gasteiger partial charge in [0.1, 0.15) is 5.75 Å². The molecule has 6 heteroatoms. The molecule has 4 rings (SSSR count). The monoisotopic (exact) mass is 334 g/mol. The Hall–Kier alpha value is -2.86. The van der Waals surface area contributed by atoms with Crippen molar-refractivity contribution >= 4 is 22.5 Å². The van der Waals surface area contributed by atoms with Crippen LogP contribution in [0.1, 0.15) is 5.56 Å². The van der Waals surface area contributed by atoms with Crippen LogP contribution in [-0.2, 0) is 5.75 Å². The predicted octanol–water partition coefficient (Wildman–Crippen LogP) is 3.81. The van der Waals surface area contributed by atoms with Crippen LogP contribution in [0.15, 0.2) is 71.9 Å². The Kier molecular flexibility index (Phi) is 3.88. The van der Waals surface area contributed by atoms with Gasteiger partial charge in [-0.3, -0.25) is 0 Å². The van der Waals surface area contributed by atoms with Crippen molar-refractivity contribution in [3.8, 4) is 11.4 Å². The fraction of sp³-hybridized carbons (Fsp3) is 0.0556. The minimum absolute atomic E-state index is 0.292. The predicted molar refractivity (Wildman–Crippen MR) is 94.3 cm³/mol. The van der Waals surface area contributed by atoms with Gasteiger partial charge in [0.05, 0.1) is 5.69 Å². The number of nitrogens with zero attached hydrogens (tertiary/aromatic N) is 4. The van der Waals surface area contributed by atoms with Crippen LogP contribution in [0, 0.1) is 0 Å². The lowest BCUT2D eigenvalue weighted by molar-refractivity contribution is 0.472. The molecular formula is C18H14N4OS. The maximum Gasteiger partial charge on any atom is 0.214 e. The van der Waals surface area contributed by atoms with Crippen LogP contribution in [0.25, 0.3) is 16.5 Å². The van der Waals surface area contributed by atoms with Crippen molar-refractivity contribution in [1.29, 1.82) is 0 Å². The van der Waals surface area contributed by atoms with Gasteiger partial charge in [-0.25, -0.2) is 0 Å². The van der Waals surface area contributed by atoms with Gasteiger partial charge in [0.25, 0.3) is 0 Å². The number of phenolic OH excluding ortho intramolecular Hbond substituents is 1. The van der Waals surface area contributed by atoms with E-state index in [0.29, 0.717) is 16.7 Å². The lowest BCUT2D eigenvalue weighted by Crippen LogP contribution is -1.98. The third-order valence-electron chi connectivity index (χ3n) is 3.80. The first-order valence-electron chi connectivity index (χ1n) is 7.49. The Balaban J connectivity index is 1.66. The maximum atomic E-state index is 10.3. The second-order valence-corrected chi connectivity index (χ2v) is 6.22. The summed E-state index contributed by atoms with van der Waals surface area (Å²) in [5, 5.41) is 25.0. The fourth-order valence-electron chi connectivity index (χ4n) is 2.61. The molecule has 3 aromatic carbocycles. The largest absolute Gasteiger partial charge is 0.508 e. The number of rotatable bonds is 4. The lowest BCUT2D eigenvalue weighted by atomic mass is 10.0. The molecule has 118 valence electrons. The molecule has 0 radical (unpaired) electrons. The van der Waals surface area contributed by atoms with Gasteiger partial charge in [0.15, 0.2) is 0 Å². The SMILES string of the molecule is Oc1ccc2ccccc2c1CSc1nnnn1-c1ccccc1. The second kappa shape index (κ2) is 6.33. The van der Waals surface area contributed by atoms with Crippen LogP contribution >= 0.6 is 11.8 Å². The fourth-order valence-corrected chi connectivity index (χ4v) is 3.55. The first kappa shape index (κ1) is 14.7. The van der Waals surface area contributed by atoms with E-state index in [4.69, 9.17) is 0 Å². The van der Waals surface area contributed by atoms with Gasteiger partial charge in [-0.1, -0.05) is 60.3 Å². The van der Waals surface area contributed by atoms with Gasteiger partial charge in [0.2, 0.25) is 5.16 Å². The average Bonchev–Trinajstić information content (AvgIpc) is 3.10. The molecule has 4 aromatic rings. The first-order chi connectivity index (χ1) is 11.8. The Morgan fingerprint density at radius 3 is 2.58 bits per heavy atom. The summed E-state index contributed by atoms with van der Waals surface area (Å²) < 4.78 is 1.70. The van der Waals surface area contributed by atoms with E-state index in [0.717, 1.165) is 22.0 Å². The van der Waals surface area contributed by atoms with E-state index in [9.17, 15) is 5.11 Å². The second-order valence-electron chi connectivity index (χ2n) is 5.28. The summed E-state index contributed by atoms with van der Waals surface area (Å²) in [5.74, 6) is 0.875. The summed E-state index contributed by atoms with van der Waals surface area (Å²) in [6.45, 7) is 0. The molecule has 0 spiro atoms. The molecule has 1 heterocycles. The summed E-state index contributed by atoms with van der Waals surface area (Å²) in [4.78, 5) is 0. The summed E-state index contributed by atoms with van der Waals surface area (Å²) in [6, 6.07) is 21.4. The summed E-state index contributed by atoms with van der Waals surface area (Å²) in [6.07, 6.45) is 0. The molecule has 5 nitrogen and oxygen atoms in total. The smallest absolute Gasteiger partial charge is 0.214 e. The van der Waals surface area contributed by atoms with Crippen LogP contribution in [0.2, 0.25) is 0 Å². The lowest BCUT2D eigenvalue weighted by Gasteiger charge is -2.09. The van der Waals surface area contributed by atoms with E-state index >= 15 is 0 Å². The highest BCUT2D eigenvalue weighted by molar-refractivity contribution is 7.98. The number of para-hydroxylation sites is 1. The van der Waals surface area contributed by atoms with Gasteiger partial charge in [0, 0.05) is 11.3 Å². The Bertz CT molecular complexity index is 985. The number of aromatic hydroxyl groups is 1. The topological polar surface area (TPSA) is 63.8 Å². The molecule has 0 fully saturated rings. The minimum Gasteiger partial charge on any atom is -0.508 e. The van der Waals surface area contributed by atoms with E-state index in [2.05, 4.69) is 15.5 Å². The average molecular weight is 334 g/mol. The summed E-state index contributed by atoms with van der Waals surface area (Å²) in [5.41, 5.74) is 1.80. The Labute approximate surface area is 142 Å². The van der Waals surface area contributed by atoms with Crippen LogP contribution in [-0.4, -0.2) is 25.3 Å². The van der Waals surface area contributed by atoms with Crippen molar-refractivity contribution in [2.24, 2.45) is 0 Å². The molecule has 0 bridgehead atoms. The third kappa shape index (κ3) is 2.72. The van der Waals surface area contributed by atoms with Crippen molar-refractivity contribution in [3.05, 3.63) is 72.3 Å². The molecule has 0 saturated carbocycles. The van der Waals surface area contributed by atoms with Crippen molar-refractivity contribution in [3.63, 3.8) is 0 Å². The van der Waals surface area contributed by atoms with Crippen LogP contribution < -0.4 is 0 Å². The number of hydrogen-bond donors (Lipinski definition) is 1. The standard InChI is InChI=1S/C18H14N4OS/c23-17-11-10-13-6-4-5-9-15(13)16(17)12-24-18-19-20-21-22(18)14-7-2-1-3-8-14/h1-11,23H,12H2. The highest BCUT2D eigenvalue weighted by Gasteiger charge is 2.12. The molecule has 0 unspecified atom stereocenters. The molecular weight excluding hydrogens is 320 g/mol. The number of thioether (sulfide) groups is 1. The Morgan fingerprint density at radius 2 is 1.71 bits per heavy atom. The normalized spacial score (nSPS) is 11.0. The van der Waals surface area contributed by atoms with Crippen molar-refractivity contribution in [1.82, 2.24) is 20.2 Å². The molecule has 0 aliphatic carbocycles. The number of hydrogen-bond acceptors (Lipinski definition) is 5. The number of benzene rings is 3. The third-order valence-corrected chi connectivity index (χ3v) is 4.75. The zero-order chi connectivity index (χ0) is 16.4. The van der Waals surface area contributed by atoms with Gasteiger partial charge < -0.3 is 5.11 Å². The van der Waals surface area contributed by atoms with E-state index in [1.54, 1.807) is 10.7 Å². The van der Waals surface area contributed by atoms with Gasteiger partial charge in [-0.05, 0) is 39.4 Å².